The number of thiazole rings is 1. The first-order valence-electron chi connectivity index (χ1n) is 5.84. The Bertz CT molecular complexity index is 605. The van der Waals surface area contributed by atoms with Gasteiger partial charge in [-0.1, -0.05) is 22.9 Å². The molecule has 0 radical (unpaired) electrons. The third-order valence-electron chi connectivity index (χ3n) is 2.25. The third kappa shape index (κ3) is 4.41. The molecule has 1 heterocycles. The molecule has 1 N–H and O–H groups in total. The molecule has 0 fully saturated rings. The molecule has 1 aromatic rings. The van der Waals surface area contributed by atoms with Gasteiger partial charge in [0.1, 0.15) is 0 Å². The van der Waals surface area contributed by atoms with Gasteiger partial charge in [-0.25, -0.2) is 13.4 Å². The largest absolute Gasteiger partial charge is 0.350 e. The number of rotatable bonds is 4. The number of nitrogens with one attached hydrogen (secondary N) is 1. The first-order chi connectivity index (χ1) is 8.93. The van der Waals surface area contributed by atoms with Crippen LogP contribution in [0.4, 0.5) is 0 Å². The number of aromatic nitrogens is 1. The second-order valence-corrected chi connectivity index (χ2v) is 9.22. The zero-order valence-electron chi connectivity index (χ0n) is 12.0. The van der Waals surface area contributed by atoms with Gasteiger partial charge < -0.3 is 5.32 Å². The lowest BCUT2D eigenvalue weighted by atomic mass is 10.1. The highest BCUT2D eigenvalue weighted by molar-refractivity contribution is 7.91. The van der Waals surface area contributed by atoms with E-state index in [-0.39, 0.29) is 21.1 Å². The summed E-state index contributed by atoms with van der Waals surface area (Å²) < 4.78 is 25.9. The van der Waals surface area contributed by atoms with Gasteiger partial charge >= 0.3 is 0 Å². The zero-order chi connectivity index (χ0) is 15.7. The van der Waals surface area contributed by atoms with Gasteiger partial charge in [0, 0.05) is 12.6 Å². The van der Waals surface area contributed by atoms with E-state index in [1.807, 2.05) is 20.8 Å². The number of nitrogens with zero attached hydrogens (tertiary/aromatic N) is 2. The van der Waals surface area contributed by atoms with E-state index in [4.69, 9.17) is 11.6 Å². The van der Waals surface area contributed by atoms with Gasteiger partial charge in [-0.2, -0.15) is 4.31 Å². The average Bonchev–Trinajstić information content (AvgIpc) is 2.55. The van der Waals surface area contributed by atoms with Gasteiger partial charge in [0.15, 0.2) is 8.68 Å². The number of sulfonamides is 1. The molecule has 0 aliphatic heterocycles. The molecule has 0 spiro atoms. The number of carbonyl (C=O) groups is 1. The Hall–Kier alpha value is -0.700. The summed E-state index contributed by atoms with van der Waals surface area (Å²) in [6.45, 7) is 6.79. The van der Waals surface area contributed by atoms with Crippen molar-refractivity contribution in [2.45, 2.75) is 37.4 Å². The first-order valence-corrected chi connectivity index (χ1v) is 8.47. The van der Waals surface area contributed by atoms with Crippen LogP contribution < -0.4 is 5.32 Å². The lowest BCUT2D eigenvalue weighted by Gasteiger charge is -2.23. The first kappa shape index (κ1) is 17.4. The van der Waals surface area contributed by atoms with Gasteiger partial charge in [-0.3, -0.25) is 4.79 Å². The van der Waals surface area contributed by atoms with E-state index in [2.05, 4.69) is 10.3 Å². The SMILES string of the molecule is Cc1nc(Cl)sc1S(=O)(=O)N(C)CC(=O)NC(C)(C)C. The second kappa shape index (κ2) is 5.97. The number of hydrogen-bond donors (Lipinski definition) is 1. The minimum absolute atomic E-state index is 0.0635. The summed E-state index contributed by atoms with van der Waals surface area (Å²) in [6, 6.07) is 0. The van der Waals surface area contributed by atoms with Gasteiger partial charge in [-0.05, 0) is 27.7 Å². The zero-order valence-corrected chi connectivity index (χ0v) is 14.4. The molecule has 0 saturated heterocycles. The molecule has 0 atom stereocenters. The molecule has 114 valence electrons. The minimum Gasteiger partial charge on any atom is -0.350 e. The number of hydrogen-bond acceptors (Lipinski definition) is 5. The van der Waals surface area contributed by atoms with E-state index in [0.29, 0.717) is 5.69 Å². The monoisotopic (exact) mass is 339 g/mol. The minimum atomic E-state index is -3.76. The Kier molecular flexibility index (Phi) is 5.18. The van der Waals surface area contributed by atoms with E-state index >= 15 is 0 Å². The Balaban J connectivity index is 2.89. The van der Waals surface area contributed by atoms with Crippen molar-refractivity contribution in [3.63, 3.8) is 0 Å². The topological polar surface area (TPSA) is 79.4 Å². The summed E-state index contributed by atoms with van der Waals surface area (Å²) in [5, 5.41) is 2.71. The second-order valence-electron chi connectivity index (χ2n) is 5.40. The predicted molar refractivity (Wildman–Crippen MR) is 79.6 cm³/mol. The van der Waals surface area contributed by atoms with E-state index in [9.17, 15) is 13.2 Å². The number of carbonyl (C=O) groups excluding carboxylic acids is 1. The maximum absolute atomic E-state index is 12.3. The van der Waals surface area contributed by atoms with Gasteiger partial charge in [-0.15, -0.1) is 0 Å². The maximum Gasteiger partial charge on any atom is 0.254 e. The summed E-state index contributed by atoms with van der Waals surface area (Å²) >= 11 is 6.60. The predicted octanol–water partition coefficient (Wildman–Crippen LogP) is 1.64. The molecule has 0 saturated carbocycles. The summed E-state index contributed by atoms with van der Waals surface area (Å²) in [6.07, 6.45) is 0. The summed E-state index contributed by atoms with van der Waals surface area (Å²) in [7, 11) is -2.40. The molecule has 9 heteroatoms. The highest BCUT2D eigenvalue weighted by Crippen LogP contribution is 2.28. The molecular weight excluding hydrogens is 322 g/mol. The van der Waals surface area contributed by atoms with Crippen LogP contribution in [-0.2, 0) is 14.8 Å². The van der Waals surface area contributed by atoms with Gasteiger partial charge in [0.25, 0.3) is 10.0 Å². The molecule has 1 aromatic heterocycles. The van der Waals surface area contributed by atoms with Crippen LogP contribution >= 0.6 is 22.9 Å². The van der Waals surface area contributed by atoms with Crippen molar-refractivity contribution < 1.29 is 13.2 Å². The smallest absolute Gasteiger partial charge is 0.254 e. The molecule has 0 unspecified atom stereocenters. The molecular formula is C11H18ClN3O3S2. The van der Waals surface area contributed by atoms with E-state index in [1.165, 1.54) is 7.05 Å². The fourth-order valence-electron chi connectivity index (χ4n) is 1.48. The normalized spacial score (nSPS) is 12.8. The van der Waals surface area contributed by atoms with Crippen molar-refractivity contribution >= 4 is 38.9 Å². The molecule has 0 aliphatic rings. The highest BCUT2D eigenvalue weighted by atomic mass is 35.5. The van der Waals surface area contributed by atoms with Gasteiger partial charge in [0.05, 0.1) is 12.2 Å². The van der Waals surface area contributed by atoms with Crippen molar-refractivity contribution in [2.24, 2.45) is 0 Å². The van der Waals surface area contributed by atoms with Crippen LogP contribution in [0.15, 0.2) is 4.21 Å². The number of amides is 1. The van der Waals surface area contributed by atoms with Crippen LogP contribution in [0.3, 0.4) is 0 Å². The number of aryl methyl sites for hydroxylation is 1. The van der Waals surface area contributed by atoms with Gasteiger partial charge in [0.2, 0.25) is 5.91 Å². The fourth-order valence-corrected chi connectivity index (χ4v) is 4.53. The molecule has 0 aromatic carbocycles. The quantitative estimate of drug-likeness (QED) is 0.904. The molecule has 1 rings (SSSR count). The standard InChI is InChI=1S/C11H18ClN3O3S2/c1-7-9(19-10(12)13-7)20(17,18)15(5)6-8(16)14-11(2,3)4/h6H2,1-5H3,(H,14,16). The maximum atomic E-state index is 12.3. The highest BCUT2D eigenvalue weighted by Gasteiger charge is 2.28. The van der Waals surface area contributed by atoms with Crippen LogP contribution in [0.1, 0.15) is 26.5 Å². The van der Waals surface area contributed by atoms with E-state index < -0.39 is 15.6 Å². The Morgan fingerprint density at radius 1 is 1.45 bits per heavy atom. The average molecular weight is 340 g/mol. The Labute approximate surface area is 128 Å². The molecule has 1 amide bonds. The summed E-state index contributed by atoms with van der Waals surface area (Å²) in [5.41, 5.74) is -0.0751. The van der Waals surface area contributed by atoms with Crippen LogP contribution in [0.5, 0.6) is 0 Å². The number of likely N-dealkylation sites (N-methyl/N-ethyl adjacent to an activating group) is 1. The van der Waals surface area contributed by atoms with Crippen LogP contribution in [0.2, 0.25) is 4.47 Å². The van der Waals surface area contributed by atoms with Crippen molar-refractivity contribution in [1.82, 2.24) is 14.6 Å². The lowest BCUT2D eigenvalue weighted by Crippen LogP contribution is -2.46. The van der Waals surface area contributed by atoms with E-state index in [0.717, 1.165) is 15.6 Å². The summed E-state index contributed by atoms with van der Waals surface area (Å²) in [5.74, 6) is -0.364. The van der Waals surface area contributed by atoms with Crippen molar-refractivity contribution in [1.29, 1.82) is 0 Å². The van der Waals surface area contributed by atoms with Crippen molar-refractivity contribution in [2.75, 3.05) is 13.6 Å². The number of halogens is 1. The molecule has 20 heavy (non-hydrogen) atoms. The molecule has 0 aliphatic carbocycles. The fraction of sp³-hybridized carbons (Fsp3) is 0.636. The molecule has 0 bridgehead atoms. The van der Waals surface area contributed by atoms with Crippen molar-refractivity contribution in [3.8, 4) is 0 Å². The summed E-state index contributed by atoms with van der Waals surface area (Å²) in [4.78, 5) is 15.7. The lowest BCUT2D eigenvalue weighted by molar-refractivity contribution is -0.122. The van der Waals surface area contributed by atoms with E-state index in [1.54, 1.807) is 6.92 Å². The van der Waals surface area contributed by atoms with Crippen LogP contribution in [-0.4, -0.2) is 42.7 Å². The third-order valence-corrected chi connectivity index (χ3v) is 5.91. The van der Waals surface area contributed by atoms with Crippen molar-refractivity contribution in [3.05, 3.63) is 10.2 Å². The molecule has 6 nitrogen and oxygen atoms in total. The Morgan fingerprint density at radius 2 is 2.00 bits per heavy atom. The van der Waals surface area contributed by atoms with Crippen LogP contribution in [0.25, 0.3) is 0 Å². The Morgan fingerprint density at radius 3 is 2.40 bits per heavy atom. The van der Waals surface area contributed by atoms with Crippen LogP contribution in [0, 0.1) is 6.92 Å².